The van der Waals surface area contributed by atoms with Crippen molar-refractivity contribution in [2.75, 3.05) is 39.8 Å². The van der Waals surface area contributed by atoms with Gasteiger partial charge in [-0.25, -0.2) is 14.4 Å². The van der Waals surface area contributed by atoms with Crippen molar-refractivity contribution in [2.24, 2.45) is 5.92 Å². The molecule has 0 radical (unpaired) electrons. The zero-order chi connectivity index (χ0) is 25.4. The fourth-order valence-electron chi connectivity index (χ4n) is 3.25. The Balaban J connectivity index is 0.000000451. The van der Waals surface area contributed by atoms with Gasteiger partial charge in [-0.05, 0) is 60.9 Å². The second-order valence-corrected chi connectivity index (χ2v) is 10.0. The zero-order valence-electron chi connectivity index (χ0n) is 20.8. The summed E-state index contributed by atoms with van der Waals surface area (Å²) in [6, 6.07) is -1.16. The van der Waals surface area contributed by atoms with Crippen LogP contribution in [0, 0.1) is 5.92 Å². The van der Waals surface area contributed by atoms with E-state index in [0.717, 1.165) is 30.8 Å². The topological polar surface area (TPSA) is 135 Å². The van der Waals surface area contributed by atoms with E-state index in [1.165, 1.54) is 12.0 Å². The standard InChI is InChI=1S/C15H26N2O6.C7H13NO2/c1-14(2,3)22-12(20)16-7-8-17(10(9-16)11(18)19)13(21)23-15(4,5)6;1-10-7(9)6-3-2-4-8-5-6/h10H,7-9H2,1-6H3,(H,18,19);6,8H,2-5H2,1H3/t10-;6-/m11/s1. The Morgan fingerprint density at radius 3 is 1.97 bits per heavy atom. The third-order valence-electron chi connectivity index (χ3n) is 4.78. The third kappa shape index (κ3) is 10.3. The summed E-state index contributed by atoms with van der Waals surface area (Å²) in [6.07, 6.45) is 0.765. The third-order valence-corrected chi connectivity index (χ3v) is 4.78. The molecule has 0 bridgehead atoms. The van der Waals surface area contributed by atoms with Crippen LogP contribution in [0.15, 0.2) is 0 Å². The summed E-state index contributed by atoms with van der Waals surface area (Å²) < 4.78 is 15.1. The van der Waals surface area contributed by atoms with Gasteiger partial charge in [0.2, 0.25) is 0 Å². The van der Waals surface area contributed by atoms with Gasteiger partial charge in [-0.2, -0.15) is 0 Å². The van der Waals surface area contributed by atoms with Gasteiger partial charge in [0, 0.05) is 19.6 Å². The largest absolute Gasteiger partial charge is 0.480 e. The Labute approximate surface area is 195 Å². The number of carboxylic acids is 1. The quantitative estimate of drug-likeness (QED) is 0.456. The van der Waals surface area contributed by atoms with Crippen LogP contribution in [0.4, 0.5) is 9.59 Å². The van der Waals surface area contributed by atoms with Crippen LogP contribution >= 0.6 is 0 Å². The van der Waals surface area contributed by atoms with Gasteiger partial charge in [-0.15, -0.1) is 0 Å². The molecule has 0 unspecified atom stereocenters. The fourth-order valence-corrected chi connectivity index (χ4v) is 3.25. The highest BCUT2D eigenvalue weighted by molar-refractivity contribution is 5.82. The van der Waals surface area contributed by atoms with Crippen LogP contribution in [0.1, 0.15) is 54.4 Å². The molecule has 0 aliphatic carbocycles. The van der Waals surface area contributed by atoms with Crippen LogP contribution in [-0.2, 0) is 23.8 Å². The molecule has 2 aliphatic heterocycles. The fraction of sp³-hybridized carbons (Fsp3) is 0.818. The van der Waals surface area contributed by atoms with E-state index in [2.05, 4.69) is 10.1 Å². The summed E-state index contributed by atoms with van der Waals surface area (Å²) in [5.74, 6) is -1.17. The maximum absolute atomic E-state index is 12.1. The van der Waals surface area contributed by atoms with Gasteiger partial charge >= 0.3 is 24.1 Å². The lowest BCUT2D eigenvalue weighted by Gasteiger charge is -2.39. The van der Waals surface area contributed by atoms with Crippen molar-refractivity contribution in [3.05, 3.63) is 0 Å². The van der Waals surface area contributed by atoms with E-state index < -0.39 is 35.4 Å². The molecule has 2 amide bonds. The highest BCUT2D eigenvalue weighted by atomic mass is 16.6. The van der Waals surface area contributed by atoms with Crippen LogP contribution in [0.5, 0.6) is 0 Å². The van der Waals surface area contributed by atoms with E-state index in [-0.39, 0.29) is 31.5 Å². The number of nitrogens with one attached hydrogen (secondary N) is 1. The maximum Gasteiger partial charge on any atom is 0.411 e. The molecule has 2 heterocycles. The van der Waals surface area contributed by atoms with Crippen molar-refractivity contribution in [1.82, 2.24) is 15.1 Å². The molecule has 2 aliphatic rings. The molecule has 11 heteroatoms. The van der Waals surface area contributed by atoms with Gasteiger partial charge in [-0.3, -0.25) is 9.69 Å². The van der Waals surface area contributed by atoms with E-state index in [1.54, 1.807) is 41.5 Å². The highest BCUT2D eigenvalue weighted by Crippen LogP contribution is 2.18. The monoisotopic (exact) mass is 473 g/mol. The van der Waals surface area contributed by atoms with Gasteiger partial charge in [0.15, 0.2) is 6.04 Å². The van der Waals surface area contributed by atoms with Crippen molar-refractivity contribution >= 4 is 24.1 Å². The number of piperazine rings is 1. The number of hydrogen-bond donors (Lipinski definition) is 2. The summed E-state index contributed by atoms with van der Waals surface area (Å²) in [5, 5.41) is 12.5. The van der Waals surface area contributed by atoms with Crippen molar-refractivity contribution in [1.29, 1.82) is 0 Å². The summed E-state index contributed by atoms with van der Waals surface area (Å²) in [5.41, 5.74) is -1.39. The first kappa shape index (κ1) is 28.5. The summed E-state index contributed by atoms with van der Waals surface area (Å²) >= 11 is 0. The second-order valence-electron chi connectivity index (χ2n) is 10.0. The molecule has 0 aromatic rings. The van der Waals surface area contributed by atoms with Crippen LogP contribution in [-0.4, -0.2) is 96.1 Å². The summed E-state index contributed by atoms with van der Waals surface area (Å²) in [7, 11) is 1.44. The Kier molecular flexibility index (Phi) is 10.4. The summed E-state index contributed by atoms with van der Waals surface area (Å²) in [6.45, 7) is 12.3. The van der Waals surface area contributed by atoms with Gasteiger partial charge < -0.3 is 29.5 Å². The second kappa shape index (κ2) is 12.1. The van der Waals surface area contributed by atoms with Crippen molar-refractivity contribution in [2.45, 2.75) is 71.6 Å². The van der Waals surface area contributed by atoms with E-state index >= 15 is 0 Å². The molecule has 0 spiro atoms. The smallest absolute Gasteiger partial charge is 0.411 e. The van der Waals surface area contributed by atoms with Gasteiger partial charge in [-0.1, -0.05) is 0 Å². The van der Waals surface area contributed by atoms with Crippen molar-refractivity contribution in [3.8, 4) is 0 Å². The molecule has 2 fully saturated rings. The first-order valence-electron chi connectivity index (χ1n) is 11.1. The molecular weight excluding hydrogens is 434 g/mol. The van der Waals surface area contributed by atoms with Crippen LogP contribution in [0.3, 0.4) is 0 Å². The number of carbonyl (C=O) groups is 4. The molecule has 0 aromatic heterocycles. The minimum atomic E-state index is -1.19. The molecule has 0 saturated carbocycles. The molecule has 190 valence electrons. The number of hydrogen-bond acceptors (Lipinski definition) is 8. The number of methoxy groups -OCH3 is 1. The molecule has 2 saturated heterocycles. The van der Waals surface area contributed by atoms with Gasteiger partial charge in [0.05, 0.1) is 19.6 Å². The number of carbonyl (C=O) groups excluding carboxylic acids is 3. The average molecular weight is 474 g/mol. The molecule has 2 rings (SSSR count). The lowest BCUT2D eigenvalue weighted by molar-refractivity contribution is -0.146. The SMILES string of the molecule is CC(C)(C)OC(=O)N1CCN(C(=O)OC(C)(C)C)[C@@H](C(=O)O)C1.COC(=O)[C@@H]1CCCNC1. The molecule has 0 aromatic carbocycles. The van der Waals surface area contributed by atoms with E-state index in [4.69, 9.17) is 9.47 Å². The number of rotatable bonds is 2. The Morgan fingerprint density at radius 2 is 1.52 bits per heavy atom. The van der Waals surface area contributed by atoms with E-state index in [9.17, 15) is 24.3 Å². The predicted molar refractivity (Wildman–Crippen MR) is 120 cm³/mol. The molecule has 11 nitrogen and oxygen atoms in total. The first-order valence-corrected chi connectivity index (χ1v) is 11.1. The maximum atomic E-state index is 12.1. The molecule has 2 N–H and O–H groups in total. The minimum Gasteiger partial charge on any atom is -0.480 e. The zero-order valence-corrected chi connectivity index (χ0v) is 20.8. The molecule has 33 heavy (non-hydrogen) atoms. The normalized spacial score (nSPS) is 21.3. The van der Waals surface area contributed by atoms with Crippen molar-refractivity contribution < 1.29 is 38.5 Å². The average Bonchev–Trinajstić information content (AvgIpc) is 2.71. The predicted octanol–water partition coefficient (Wildman–Crippen LogP) is 2.09. The molecular formula is C22H39N3O8. The highest BCUT2D eigenvalue weighted by Gasteiger charge is 2.40. The number of ether oxygens (including phenoxy) is 3. The van der Waals surface area contributed by atoms with Crippen LogP contribution in [0.25, 0.3) is 0 Å². The number of piperidine rings is 1. The summed E-state index contributed by atoms with van der Waals surface area (Å²) in [4.78, 5) is 49.0. The first-order chi connectivity index (χ1) is 15.1. The van der Waals surface area contributed by atoms with Crippen molar-refractivity contribution in [3.63, 3.8) is 0 Å². The number of aliphatic carboxylic acids is 1. The Hall–Kier alpha value is -2.56. The van der Waals surface area contributed by atoms with Crippen LogP contribution in [0.2, 0.25) is 0 Å². The van der Waals surface area contributed by atoms with E-state index in [1.807, 2.05) is 0 Å². The number of nitrogens with zero attached hydrogens (tertiary/aromatic N) is 2. The minimum absolute atomic E-state index is 0.0745. The lowest BCUT2D eigenvalue weighted by Crippen LogP contribution is -2.60. The molecule has 2 atom stereocenters. The van der Waals surface area contributed by atoms with Gasteiger partial charge in [0.25, 0.3) is 0 Å². The number of esters is 1. The number of amides is 2. The Bertz CT molecular complexity index is 693. The van der Waals surface area contributed by atoms with E-state index in [0.29, 0.717) is 0 Å². The van der Waals surface area contributed by atoms with Gasteiger partial charge in [0.1, 0.15) is 11.2 Å². The number of carboxylic acid groups (broad SMARTS) is 1. The van der Waals surface area contributed by atoms with Crippen LogP contribution < -0.4 is 5.32 Å². The Morgan fingerprint density at radius 1 is 0.939 bits per heavy atom. The lowest BCUT2D eigenvalue weighted by atomic mass is 10.0.